The maximum absolute atomic E-state index is 12.0. The van der Waals surface area contributed by atoms with Crippen molar-refractivity contribution in [3.05, 3.63) is 35.4 Å². The third-order valence-electron chi connectivity index (χ3n) is 4.50. The molecular weight excluding hydrogens is 460 g/mol. The number of rotatable bonds is 12. The van der Waals surface area contributed by atoms with E-state index < -0.39 is 18.2 Å². The number of hydrogen-bond donors (Lipinski definition) is 2. The average Bonchev–Trinajstić information content (AvgIpc) is 2.87. The topological polar surface area (TPSA) is 138 Å². The van der Waals surface area contributed by atoms with Gasteiger partial charge in [0.1, 0.15) is 6.42 Å². The molecule has 0 heterocycles. The minimum Gasteiger partial charge on any atom is -0.493 e. The molecule has 0 unspecified atom stereocenters. The van der Waals surface area contributed by atoms with Crippen molar-refractivity contribution in [2.75, 3.05) is 42.7 Å². The number of hydrogen-bond acceptors (Lipinski definition) is 10. The van der Waals surface area contributed by atoms with Gasteiger partial charge in [0.2, 0.25) is 23.3 Å². The lowest BCUT2D eigenvalue weighted by Gasteiger charge is -2.12. The Morgan fingerprint density at radius 2 is 0.943 bits per heavy atom. The van der Waals surface area contributed by atoms with Gasteiger partial charge in [0, 0.05) is 11.1 Å². The van der Waals surface area contributed by atoms with E-state index in [0.29, 0.717) is 45.6 Å². The number of benzene rings is 2. The van der Waals surface area contributed by atoms with Crippen LogP contribution in [0.15, 0.2) is 34.5 Å². The summed E-state index contributed by atoms with van der Waals surface area (Å²) in [7, 11) is 8.94. The Balaban J connectivity index is 1.94. The van der Waals surface area contributed by atoms with Gasteiger partial charge in [-0.25, -0.2) is 10.9 Å². The average molecular weight is 488 g/mol. The van der Waals surface area contributed by atoms with Crippen molar-refractivity contribution in [2.45, 2.75) is 6.42 Å². The van der Waals surface area contributed by atoms with Crippen LogP contribution in [0.25, 0.3) is 0 Å². The van der Waals surface area contributed by atoms with Crippen LogP contribution in [0.2, 0.25) is 0 Å². The van der Waals surface area contributed by atoms with Crippen molar-refractivity contribution in [1.82, 2.24) is 10.9 Å². The molecule has 0 saturated heterocycles. The highest BCUT2D eigenvalue weighted by molar-refractivity contribution is 5.97. The molecule has 0 aliphatic carbocycles. The van der Waals surface area contributed by atoms with E-state index in [1.54, 1.807) is 24.3 Å². The molecule has 0 atom stereocenters. The van der Waals surface area contributed by atoms with Crippen molar-refractivity contribution < 1.29 is 38.0 Å². The first-order valence-electron chi connectivity index (χ1n) is 10.1. The number of hydrazone groups is 2. The summed E-state index contributed by atoms with van der Waals surface area (Å²) in [6, 6.07) is 6.62. The van der Waals surface area contributed by atoms with E-state index in [4.69, 9.17) is 28.4 Å². The number of ether oxygens (including phenoxy) is 6. The quantitative estimate of drug-likeness (QED) is 0.262. The third kappa shape index (κ3) is 7.25. The highest BCUT2D eigenvalue weighted by atomic mass is 16.5. The monoisotopic (exact) mass is 488 g/mol. The van der Waals surface area contributed by atoms with Gasteiger partial charge >= 0.3 is 0 Å². The largest absolute Gasteiger partial charge is 0.493 e. The molecule has 0 radical (unpaired) electrons. The predicted octanol–water partition coefficient (Wildman–Crippen LogP) is 1.73. The van der Waals surface area contributed by atoms with Crippen molar-refractivity contribution in [3.8, 4) is 34.5 Å². The van der Waals surface area contributed by atoms with Crippen LogP contribution in [0.5, 0.6) is 34.5 Å². The molecule has 35 heavy (non-hydrogen) atoms. The lowest BCUT2D eigenvalue weighted by molar-refractivity contribution is -0.129. The van der Waals surface area contributed by atoms with Crippen LogP contribution in [0.1, 0.15) is 17.5 Å². The first-order chi connectivity index (χ1) is 16.9. The van der Waals surface area contributed by atoms with Crippen molar-refractivity contribution in [3.63, 3.8) is 0 Å². The summed E-state index contributed by atoms with van der Waals surface area (Å²) in [6.45, 7) is 0. The third-order valence-corrected chi connectivity index (χ3v) is 4.50. The maximum Gasteiger partial charge on any atom is 0.249 e. The van der Waals surface area contributed by atoms with Gasteiger partial charge in [-0.1, -0.05) is 0 Å². The second-order valence-corrected chi connectivity index (χ2v) is 6.68. The highest BCUT2D eigenvalue weighted by Gasteiger charge is 2.14. The van der Waals surface area contributed by atoms with Crippen LogP contribution in [-0.4, -0.2) is 66.9 Å². The minimum absolute atomic E-state index is 0.430. The van der Waals surface area contributed by atoms with Gasteiger partial charge in [0.15, 0.2) is 23.0 Å². The molecule has 2 amide bonds. The normalized spacial score (nSPS) is 10.7. The molecule has 12 heteroatoms. The Bertz CT molecular complexity index is 965. The van der Waals surface area contributed by atoms with E-state index in [1.807, 2.05) is 0 Å². The Morgan fingerprint density at radius 3 is 1.20 bits per heavy atom. The lowest BCUT2D eigenvalue weighted by Crippen LogP contribution is -2.27. The summed E-state index contributed by atoms with van der Waals surface area (Å²) >= 11 is 0. The Morgan fingerprint density at radius 1 is 0.629 bits per heavy atom. The second kappa shape index (κ2) is 13.3. The SMILES string of the molecule is COc1cc(/C=N\NC(=O)CC(=O)N/N=C/c2cc(OC)c(OC)c(OC)c2)cc(OC)c1OC. The van der Waals surface area contributed by atoms with Crippen molar-refractivity contribution >= 4 is 24.2 Å². The first-order valence-corrected chi connectivity index (χ1v) is 10.1. The van der Waals surface area contributed by atoms with E-state index in [2.05, 4.69) is 21.1 Å². The minimum atomic E-state index is -0.630. The molecule has 0 aliphatic heterocycles. The molecule has 0 spiro atoms. The highest BCUT2D eigenvalue weighted by Crippen LogP contribution is 2.38. The fraction of sp³-hybridized carbons (Fsp3) is 0.304. The second-order valence-electron chi connectivity index (χ2n) is 6.68. The van der Waals surface area contributed by atoms with Crippen molar-refractivity contribution in [2.24, 2.45) is 10.2 Å². The molecule has 12 nitrogen and oxygen atoms in total. The zero-order valence-corrected chi connectivity index (χ0v) is 20.3. The summed E-state index contributed by atoms with van der Waals surface area (Å²) in [5.41, 5.74) is 5.71. The smallest absolute Gasteiger partial charge is 0.249 e. The molecule has 2 aromatic carbocycles. The molecule has 2 N–H and O–H groups in total. The number of amides is 2. The van der Waals surface area contributed by atoms with Crippen LogP contribution >= 0.6 is 0 Å². The van der Waals surface area contributed by atoms with Gasteiger partial charge in [0.25, 0.3) is 0 Å². The number of nitrogens with one attached hydrogen (secondary N) is 2. The fourth-order valence-corrected chi connectivity index (χ4v) is 2.93. The van der Waals surface area contributed by atoms with Crippen LogP contribution in [0.3, 0.4) is 0 Å². The first kappa shape index (κ1) is 26.8. The maximum atomic E-state index is 12.0. The summed E-state index contributed by atoms with van der Waals surface area (Å²) in [4.78, 5) is 24.0. The summed E-state index contributed by atoms with van der Waals surface area (Å²) in [5, 5.41) is 7.70. The predicted molar refractivity (Wildman–Crippen MR) is 128 cm³/mol. The number of carbonyl (C=O) groups excluding carboxylic acids is 2. The standard InChI is InChI=1S/C23H28N4O8/c1-30-16-7-14(8-17(31-2)22(16)34-5)12-24-26-20(28)11-21(29)27-25-13-15-9-18(32-3)23(35-6)19(10-15)33-4/h7-10,12-13H,11H2,1-6H3,(H,26,28)(H,27,29)/b24-12-,25-13+. The van der Waals surface area contributed by atoms with E-state index in [1.165, 1.54) is 55.1 Å². The Hall–Kier alpha value is -4.48. The lowest BCUT2D eigenvalue weighted by atomic mass is 10.2. The molecule has 188 valence electrons. The molecule has 0 bridgehead atoms. The van der Waals surface area contributed by atoms with Gasteiger partial charge < -0.3 is 28.4 Å². The van der Waals surface area contributed by atoms with Crippen LogP contribution in [0.4, 0.5) is 0 Å². The molecule has 0 saturated carbocycles. The van der Waals surface area contributed by atoms with Gasteiger partial charge in [-0.05, 0) is 24.3 Å². The molecule has 0 aromatic heterocycles. The fourth-order valence-electron chi connectivity index (χ4n) is 2.93. The van der Waals surface area contributed by atoms with Crippen molar-refractivity contribution in [1.29, 1.82) is 0 Å². The molecule has 2 rings (SSSR count). The van der Waals surface area contributed by atoms with E-state index >= 15 is 0 Å². The molecule has 0 aliphatic rings. The molecule has 2 aromatic rings. The Kier molecular flexibility index (Phi) is 10.2. The van der Waals surface area contributed by atoms with Gasteiger partial charge in [0.05, 0.1) is 55.1 Å². The zero-order chi connectivity index (χ0) is 25.8. The Labute approximate surface area is 202 Å². The van der Waals surface area contributed by atoms with E-state index in [0.717, 1.165) is 0 Å². The van der Waals surface area contributed by atoms with Gasteiger partial charge in [-0.2, -0.15) is 10.2 Å². The van der Waals surface area contributed by atoms with E-state index in [9.17, 15) is 9.59 Å². The summed E-state index contributed by atoms with van der Waals surface area (Å²) < 4.78 is 31.6. The van der Waals surface area contributed by atoms with Gasteiger partial charge in [-0.3, -0.25) is 9.59 Å². The van der Waals surface area contributed by atoms with Crippen LogP contribution in [0, 0.1) is 0 Å². The number of nitrogens with zero attached hydrogens (tertiary/aromatic N) is 2. The van der Waals surface area contributed by atoms with Gasteiger partial charge in [-0.15, -0.1) is 0 Å². The van der Waals surface area contributed by atoms with Crippen LogP contribution in [-0.2, 0) is 9.59 Å². The molecular formula is C23H28N4O8. The molecule has 0 fully saturated rings. The zero-order valence-electron chi connectivity index (χ0n) is 20.3. The summed E-state index contributed by atoms with van der Waals surface area (Å²) in [6.07, 6.45) is 2.27. The number of methoxy groups -OCH3 is 6. The van der Waals surface area contributed by atoms with Crippen LogP contribution < -0.4 is 39.3 Å². The number of carbonyl (C=O) groups is 2. The van der Waals surface area contributed by atoms with E-state index in [-0.39, 0.29) is 0 Å². The summed E-state index contributed by atoms with van der Waals surface area (Å²) in [5.74, 6) is 1.34.